The normalized spacial score (nSPS) is 13.7. The van der Waals surface area contributed by atoms with Crippen LogP contribution in [0.25, 0.3) is 0 Å². The van der Waals surface area contributed by atoms with Gasteiger partial charge in [0.05, 0.1) is 12.5 Å². The second kappa shape index (κ2) is 6.97. The summed E-state index contributed by atoms with van der Waals surface area (Å²) in [5.74, 6) is 0.917. The zero-order valence-electron chi connectivity index (χ0n) is 11.6. The second-order valence-corrected chi connectivity index (χ2v) is 4.55. The first-order chi connectivity index (χ1) is 8.60. The van der Waals surface area contributed by atoms with Crippen LogP contribution >= 0.6 is 0 Å². The van der Waals surface area contributed by atoms with Crippen molar-refractivity contribution < 1.29 is 0 Å². The Bertz CT molecular complexity index is 411. The fourth-order valence-corrected chi connectivity index (χ4v) is 1.82. The zero-order chi connectivity index (χ0) is 13.5. The van der Waals surface area contributed by atoms with Crippen molar-refractivity contribution >= 4 is 5.82 Å². The van der Waals surface area contributed by atoms with Gasteiger partial charge in [0.2, 0.25) is 0 Å². The van der Waals surface area contributed by atoms with Crippen molar-refractivity contribution in [2.45, 2.75) is 39.3 Å². The molecule has 0 amide bonds. The molecule has 1 N–H and O–H groups in total. The average molecular weight is 246 g/mol. The summed E-state index contributed by atoms with van der Waals surface area (Å²) in [5.41, 5.74) is 1.22. The summed E-state index contributed by atoms with van der Waals surface area (Å²) >= 11 is 0. The summed E-state index contributed by atoms with van der Waals surface area (Å²) in [5, 5.41) is 12.1. The predicted molar refractivity (Wildman–Crippen MR) is 74.4 cm³/mol. The van der Waals surface area contributed by atoms with E-state index >= 15 is 0 Å². The third-order valence-electron chi connectivity index (χ3n) is 3.19. The van der Waals surface area contributed by atoms with E-state index in [2.05, 4.69) is 36.3 Å². The number of hydrogen-bond donors (Lipinski definition) is 1. The fourth-order valence-electron chi connectivity index (χ4n) is 1.82. The van der Waals surface area contributed by atoms with Gasteiger partial charge in [0.1, 0.15) is 5.82 Å². The van der Waals surface area contributed by atoms with Crippen LogP contribution in [0, 0.1) is 11.3 Å². The Morgan fingerprint density at radius 1 is 1.50 bits per heavy atom. The van der Waals surface area contributed by atoms with Crippen LogP contribution in [0.3, 0.4) is 0 Å². The molecular weight excluding hydrogens is 224 g/mol. The predicted octanol–water partition coefficient (Wildman–Crippen LogP) is 2.49. The highest BCUT2D eigenvalue weighted by atomic mass is 15.2. The fraction of sp³-hybridized carbons (Fsp3) is 0.571. The molecule has 4 heteroatoms. The van der Waals surface area contributed by atoms with E-state index in [4.69, 9.17) is 5.26 Å². The summed E-state index contributed by atoms with van der Waals surface area (Å²) in [6.07, 6.45) is 2.33. The Balaban J connectivity index is 2.84. The minimum Gasteiger partial charge on any atom is -0.356 e. The van der Waals surface area contributed by atoms with Crippen LogP contribution in [0.5, 0.6) is 0 Å². The highest BCUT2D eigenvalue weighted by Gasteiger charge is 2.12. The van der Waals surface area contributed by atoms with Gasteiger partial charge in [-0.3, -0.25) is 0 Å². The maximum Gasteiger partial charge on any atom is 0.128 e. The SMILES string of the molecule is CCNC(C)c1ccnc(N(C)C(C)CC#N)c1. The molecule has 0 saturated carbocycles. The van der Waals surface area contributed by atoms with Crippen LogP contribution in [0.4, 0.5) is 5.82 Å². The topological polar surface area (TPSA) is 52.0 Å². The van der Waals surface area contributed by atoms with Gasteiger partial charge < -0.3 is 10.2 Å². The lowest BCUT2D eigenvalue weighted by Crippen LogP contribution is -2.29. The molecule has 98 valence electrons. The minimum absolute atomic E-state index is 0.173. The Morgan fingerprint density at radius 2 is 2.22 bits per heavy atom. The molecule has 0 bridgehead atoms. The Labute approximate surface area is 110 Å². The Morgan fingerprint density at radius 3 is 2.83 bits per heavy atom. The van der Waals surface area contributed by atoms with Crippen LogP contribution in [0.15, 0.2) is 18.3 Å². The number of nitriles is 1. The maximum absolute atomic E-state index is 8.74. The Kier molecular flexibility index (Phi) is 5.60. The summed E-state index contributed by atoms with van der Waals surface area (Å²) in [6.45, 7) is 7.21. The molecule has 0 aliphatic rings. The number of aromatic nitrogens is 1. The van der Waals surface area contributed by atoms with Gasteiger partial charge in [-0.25, -0.2) is 4.98 Å². The van der Waals surface area contributed by atoms with E-state index in [1.807, 2.05) is 31.1 Å². The lowest BCUT2D eigenvalue weighted by atomic mass is 10.1. The van der Waals surface area contributed by atoms with Crippen LogP contribution < -0.4 is 10.2 Å². The molecule has 0 fully saturated rings. The summed E-state index contributed by atoms with van der Waals surface area (Å²) in [6, 6.07) is 6.80. The van der Waals surface area contributed by atoms with E-state index < -0.39 is 0 Å². The summed E-state index contributed by atoms with van der Waals surface area (Å²) < 4.78 is 0. The number of hydrogen-bond acceptors (Lipinski definition) is 4. The molecule has 1 rings (SSSR count). The summed E-state index contributed by atoms with van der Waals surface area (Å²) in [4.78, 5) is 6.42. The molecule has 1 aromatic rings. The minimum atomic E-state index is 0.173. The third kappa shape index (κ3) is 3.71. The second-order valence-electron chi connectivity index (χ2n) is 4.55. The van der Waals surface area contributed by atoms with Crippen molar-refractivity contribution in [3.8, 4) is 6.07 Å². The molecule has 0 aliphatic heterocycles. The van der Waals surface area contributed by atoms with Crippen LogP contribution in [0.1, 0.15) is 38.8 Å². The van der Waals surface area contributed by atoms with Crippen molar-refractivity contribution in [2.75, 3.05) is 18.5 Å². The molecule has 2 unspecified atom stereocenters. The molecule has 0 aliphatic carbocycles. The maximum atomic E-state index is 8.74. The van der Waals surface area contributed by atoms with Gasteiger partial charge in [-0.05, 0) is 38.1 Å². The molecule has 1 aromatic heterocycles. The van der Waals surface area contributed by atoms with Gasteiger partial charge in [0.25, 0.3) is 0 Å². The third-order valence-corrected chi connectivity index (χ3v) is 3.19. The van der Waals surface area contributed by atoms with Gasteiger partial charge >= 0.3 is 0 Å². The van der Waals surface area contributed by atoms with Crippen molar-refractivity contribution in [1.29, 1.82) is 5.26 Å². The van der Waals surface area contributed by atoms with E-state index in [9.17, 15) is 0 Å². The number of nitrogens with zero attached hydrogens (tertiary/aromatic N) is 3. The van der Waals surface area contributed by atoms with E-state index in [-0.39, 0.29) is 6.04 Å². The van der Waals surface area contributed by atoms with Gasteiger partial charge in [0.15, 0.2) is 0 Å². The van der Waals surface area contributed by atoms with Gasteiger partial charge in [-0.15, -0.1) is 0 Å². The van der Waals surface area contributed by atoms with E-state index in [0.717, 1.165) is 12.4 Å². The standard InChI is InChI=1S/C14H22N4/c1-5-16-12(3)13-7-9-17-14(10-13)18(4)11(2)6-8-15/h7,9-12,16H,5-6H2,1-4H3. The molecule has 1 heterocycles. The highest BCUT2D eigenvalue weighted by Crippen LogP contribution is 2.19. The van der Waals surface area contributed by atoms with Gasteiger partial charge in [-0.1, -0.05) is 6.92 Å². The summed E-state index contributed by atoms with van der Waals surface area (Å²) in [7, 11) is 1.98. The smallest absolute Gasteiger partial charge is 0.128 e. The molecule has 0 aromatic carbocycles. The van der Waals surface area contributed by atoms with Crippen molar-refractivity contribution in [3.63, 3.8) is 0 Å². The largest absolute Gasteiger partial charge is 0.356 e. The number of rotatable bonds is 6. The Hall–Kier alpha value is -1.60. The monoisotopic (exact) mass is 246 g/mol. The molecule has 0 saturated heterocycles. The van der Waals surface area contributed by atoms with Crippen molar-refractivity contribution in [3.05, 3.63) is 23.9 Å². The van der Waals surface area contributed by atoms with Gasteiger partial charge in [0, 0.05) is 25.3 Å². The molecule has 0 radical (unpaired) electrons. The number of anilines is 1. The molecular formula is C14H22N4. The zero-order valence-corrected chi connectivity index (χ0v) is 11.6. The molecule has 4 nitrogen and oxygen atoms in total. The quantitative estimate of drug-likeness (QED) is 0.838. The highest BCUT2D eigenvalue weighted by molar-refractivity contribution is 5.42. The van der Waals surface area contributed by atoms with E-state index in [0.29, 0.717) is 12.5 Å². The molecule has 18 heavy (non-hydrogen) atoms. The van der Waals surface area contributed by atoms with Crippen LogP contribution in [-0.4, -0.2) is 24.6 Å². The van der Waals surface area contributed by atoms with Crippen molar-refractivity contribution in [2.24, 2.45) is 0 Å². The van der Waals surface area contributed by atoms with Crippen LogP contribution in [-0.2, 0) is 0 Å². The molecule has 2 atom stereocenters. The lowest BCUT2D eigenvalue weighted by Gasteiger charge is -2.25. The number of pyridine rings is 1. The first-order valence-corrected chi connectivity index (χ1v) is 6.39. The van der Waals surface area contributed by atoms with E-state index in [1.165, 1.54) is 5.56 Å². The van der Waals surface area contributed by atoms with E-state index in [1.54, 1.807) is 0 Å². The first kappa shape index (κ1) is 14.5. The lowest BCUT2D eigenvalue weighted by molar-refractivity contribution is 0.596. The van der Waals surface area contributed by atoms with Crippen LogP contribution in [0.2, 0.25) is 0 Å². The van der Waals surface area contributed by atoms with Crippen molar-refractivity contribution in [1.82, 2.24) is 10.3 Å². The number of nitrogens with one attached hydrogen (secondary N) is 1. The first-order valence-electron chi connectivity index (χ1n) is 6.39. The molecule has 0 spiro atoms. The van der Waals surface area contributed by atoms with Gasteiger partial charge in [-0.2, -0.15) is 5.26 Å². The average Bonchev–Trinajstić information content (AvgIpc) is 2.38.